The number of ether oxygens (including phenoxy) is 2. The second kappa shape index (κ2) is 8.71. The van der Waals surface area contributed by atoms with Crippen LogP contribution in [0.15, 0.2) is 47.4 Å². The average molecular weight is 432 g/mol. The van der Waals surface area contributed by atoms with Gasteiger partial charge < -0.3 is 14.4 Å². The molecule has 30 heavy (non-hydrogen) atoms. The maximum atomic E-state index is 12.8. The molecule has 3 heterocycles. The van der Waals surface area contributed by atoms with Crippen LogP contribution in [0.5, 0.6) is 5.88 Å². The predicted octanol–water partition coefficient (Wildman–Crippen LogP) is 1.70. The van der Waals surface area contributed by atoms with E-state index in [0.717, 1.165) is 12.1 Å². The van der Waals surface area contributed by atoms with E-state index in [0.29, 0.717) is 50.8 Å². The fourth-order valence-corrected chi connectivity index (χ4v) is 5.06. The molecule has 1 aromatic carbocycles. The average Bonchev–Trinajstić information content (AvgIpc) is 3.22. The maximum absolute atomic E-state index is 12.8. The first-order chi connectivity index (χ1) is 14.4. The summed E-state index contributed by atoms with van der Waals surface area (Å²) in [5.74, 6) is 0.431. The van der Waals surface area contributed by atoms with Crippen LogP contribution in [0.1, 0.15) is 22.5 Å². The molecule has 1 aromatic heterocycles. The van der Waals surface area contributed by atoms with Crippen molar-refractivity contribution in [3.05, 3.63) is 53.7 Å². The van der Waals surface area contributed by atoms with Crippen molar-refractivity contribution in [3.8, 4) is 5.88 Å². The van der Waals surface area contributed by atoms with E-state index in [1.807, 2.05) is 25.1 Å². The van der Waals surface area contributed by atoms with Gasteiger partial charge in [0.05, 0.1) is 24.7 Å². The van der Waals surface area contributed by atoms with E-state index in [4.69, 9.17) is 9.47 Å². The van der Waals surface area contributed by atoms with Crippen LogP contribution in [0.2, 0.25) is 0 Å². The van der Waals surface area contributed by atoms with Crippen LogP contribution in [-0.2, 0) is 14.8 Å². The van der Waals surface area contributed by atoms with Gasteiger partial charge in [0, 0.05) is 43.4 Å². The number of benzene rings is 1. The van der Waals surface area contributed by atoms with Crippen molar-refractivity contribution in [1.29, 1.82) is 0 Å². The summed E-state index contributed by atoms with van der Waals surface area (Å²) >= 11 is 0. The Balaban J connectivity index is 1.39. The Morgan fingerprint density at radius 1 is 1.10 bits per heavy atom. The molecule has 0 N–H and O–H groups in total. The highest BCUT2D eigenvalue weighted by Gasteiger charge is 2.30. The molecule has 4 rings (SSSR count). The number of hydrogen-bond acceptors (Lipinski definition) is 6. The van der Waals surface area contributed by atoms with E-state index < -0.39 is 10.0 Å². The molecule has 1 amide bonds. The smallest absolute Gasteiger partial charge is 0.253 e. The Labute approximate surface area is 176 Å². The van der Waals surface area contributed by atoms with Gasteiger partial charge in [-0.25, -0.2) is 13.4 Å². The molecule has 160 valence electrons. The summed E-state index contributed by atoms with van der Waals surface area (Å²) in [7, 11) is -3.57. The number of morpholine rings is 1. The van der Waals surface area contributed by atoms with Crippen molar-refractivity contribution >= 4 is 15.9 Å². The van der Waals surface area contributed by atoms with Crippen molar-refractivity contribution < 1.29 is 22.7 Å². The molecule has 9 heteroatoms. The number of hydrogen-bond donors (Lipinski definition) is 0. The summed E-state index contributed by atoms with van der Waals surface area (Å²) in [6.45, 7) is 4.44. The van der Waals surface area contributed by atoms with Crippen LogP contribution >= 0.6 is 0 Å². The van der Waals surface area contributed by atoms with E-state index in [9.17, 15) is 13.2 Å². The third kappa shape index (κ3) is 4.48. The highest BCUT2D eigenvalue weighted by atomic mass is 32.2. The second-order valence-electron chi connectivity index (χ2n) is 7.44. The normalized spacial score (nSPS) is 20.3. The van der Waals surface area contributed by atoms with Gasteiger partial charge in [-0.2, -0.15) is 4.31 Å². The second-order valence-corrected chi connectivity index (χ2v) is 9.38. The Bertz CT molecular complexity index is 1000. The SMILES string of the molecule is Cc1cccc(OC2CCN(C(=O)c3ccc(S(=O)(=O)N4CCOCC4)cc3)C2)n1. The van der Waals surface area contributed by atoms with Crippen LogP contribution in [0.3, 0.4) is 0 Å². The number of likely N-dealkylation sites (tertiary alicyclic amines) is 1. The van der Waals surface area contributed by atoms with Crippen LogP contribution in [0.4, 0.5) is 0 Å². The standard InChI is InChI=1S/C21H25N3O5S/c1-16-3-2-4-20(22-16)29-18-9-10-23(15-18)21(25)17-5-7-19(8-6-17)30(26,27)24-11-13-28-14-12-24/h2-8,18H,9-15H2,1H3. The van der Waals surface area contributed by atoms with Gasteiger partial charge in [0.1, 0.15) is 6.10 Å². The van der Waals surface area contributed by atoms with Crippen molar-refractivity contribution in [3.63, 3.8) is 0 Å². The lowest BCUT2D eigenvalue weighted by Gasteiger charge is -2.26. The first kappa shape index (κ1) is 20.8. The molecule has 2 aromatic rings. The van der Waals surface area contributed by atoms with Crippen molar-refractivity contribution in [2.45, 2.75) is 24.3 Å². The van der Waals surface area contributed by atoms with Gasteiger partial charge in [-0.3, -0.25) is 4.79 Å². The molecule has 0 aliphatic carbocycles. The van der Waals surface area contributed by atoms with Crippen molar-refractivity contribution in [1.82, 2.24) is 14.2 Å². The largest absolute Gasteiger partial charge is 0.472 e. The number of aryl methyl sites for hydroxylation is 1. The Kier molecular flexibility index (Phi) is 6.03. The molecule has 0 bridgehead atoms. The van der Waals surface area contributed by atoms with Gasteiger partial charge in [0.15, 0.2) is 0 Å². The number of sulfonamides is 1. The first-order valence-corrected chi connectivity index (χ1v) is 11.4. The minimum atomic E-state index is -3.57. The van der Waals surface area contributed by atoms with Gasteiger partial charge in [-0.1, -0.05) is 6.07 Å². The van der Waals surface area contributed by atoms with Crippen molar-refractivity contribution in [2.75, 3.05) is 39.4 Å². The quantitative estimate of drug-likeness (QED) is 0.716. The Morgan fingerprint density at radius 2 is 1.83 bits per heavy atom. The number of aromatic nitrogens is 1. The fraction of sp³-hybridized carbons (Fsp3) is 0.429. The molecule has 1 unspecified atom stereocenters. The summed E-state index contributed by atoms with van der Waals surface area (Å²) < 4.78 is 38.0. The van der Waals surface area contributed by atoms with Gasteiger partial charge in [0.25, 0.3) is 5.91 Å². The molecule has 2 aliphatic heterocycles. The molecule has 2 fully saturated rings. The molecular formula is C21H25N3O5S. The lowest BCUT2D eigenvalue weighted by atomic mass is 10.2. The summed E-state index contributed by atoms with van der Waals surface area (Å²) in [5.41, 5.74) is 1.34. The number of carbonyl (C=O) groups is 1. The molecule has 2 aliphatic rings. The van der Waals surface area contributed by atoms with E-state index >= 15 is 0 Å². The Hall–Kier alpha value is -2.49. The van der Waals surface area contributed by atoms with Crippen LogP contribution < -0.4 is 4.74 Å². The zero-order valence-electron chi connectivity index (χ0n) is 16.9. The number of pyridine rings is 1. The molecule has 0 saturated carbocycles. The topological polar surface area (TPSA) is 89.0 Å². The molecule has 2 saturated heterocycles. The monoisotopic (exact) mass is 431 g/mol. The fourth-order valence-electron chi connectivity index (χ4n) is 3.65. The number of carbonyl (C=O) groups excluding carboxylic acids is 1. The molecule has 0 radical (unpaired) electrons. The van der Waals surface area contributed by atoms with Crippen LogP contribution in [0, 0.1) is 6.92 Å². The third-order valence-electron chi connectivity index (χ3n) is 5.29. The number of amides is 1. The minimum Gasteiger partial charge on any atom is -0.472 e. The van der Waals surface area contributed by atoms with E-state index in [2.05, 4.69) is 4.98 Å². The molecule has 1 atom stereocenters. The van der Waals surface area contributed by atoms with Gasteiger partial charge in [-0.15, -0.1) is 0 Å². The van der Waals surface area contributed by atoms with E-state index in [1.54, 1.807) is 17.0 Å². The minimum absolute atomic E-state index is 0.107. The first-order valence-electron chi connectivity index (χ1n) is 10.0. The molecule has 0 spiro atoms. The van der Waals surface area contributed by atoms with E-state index in [1.165, 1.54) is 16.4 Å². The summed E-state index contributed by atoms with van der Waals surface area (Å²) in [6, 6.07) is 11.8. The van der Waals surface area contributed by atoms with Gasteiger partial charge in [0.2, 0.25) is 15.9 Å². The van der Waals surface area contributed by atoms with Crippen molar-refractivity contribution in [2.24, 2.45) is 0 Å². The summed E-state index contributed by atoms with van der Waals surface area (Å²) in [6.07, 6.45) is 0.620. The van der Waals surface area contributed by atoms with Crippen LogP contribution in [-0.4, -0.2) is 74.0 Å². The molecular weight excluding hydrogens is 406 g/mol. The lowest BCUT2D eigenvalue weighted by Crippen LogP contribution is -2.40. The number of nitrogens with zero attached hydrogens (tertiary/aromatic N) is 3. The zero-order valence-corrected chi connectivity index (χ0v) is 17.7. The maximum Gasteiger partial charge on any atom is 0.253 e. The Morgan fingerprint density at radius 3 is 2.53 bits per heavy atom. The van der Waals surface area contributed by atoms with Crippen LogP contribution in [0.25, 0.3) is 0 Å². The third-order valence-corrected chi connectivity index (χ3v) is 7.20. The highest BCUT2D eigenvalue weighted by molar-refractivity contribution is 7.89. The van der Waals surface area contributed by atoms with E-state index in [-0.39, 0.29) is 16.9 Å². The molecule has 8 nitrogen and oxygen atoms in total. The predicted molar refractivity (Wildman–Crippen MR) is 110 cm³/mol. The van der Waals surface area contributed by atoms with Gasteiger partial charge in [-0.05, 0) is 37.3 Å². The number of rotatable bonds is 5. The summed E-state index contributed by atoms with van der Waals surface area (Å²) in [5, 5.41) is 0. The van der Waals surface area contributed by atoms with Gasteiger partial charge >= 0.3 is 0 Å². The summed E-state index contributed by atoms with van der Waals surface area (Å²) in [4.78, 5) is 19.1. The zero-order chi connectivity index (χ0) is 21.1. The lowest BCUT2D eigenvalue weighted by molar-refractivity contribution is 0.0730. The highest BCUT2D eigenvalue weighted by Crippen LogP contribution is 2.21.